The van der Waals surface area contributed by atoms with Crippen LogP contribution in [0.25, 0.3) is 6.08 Å². The first kappa shape index (κ1) is 21.3. The van der Waals surface area contributed by atoms with E-state index in [2.05, 4.69) is 26.2 Å². The summed E-state index contributed by atoms with van der Waals surface area (Å²) in [5.74, 6) is 0.128. The van der Waals surface area contributed by atoms with Crippen molar-refractivity contribution in [3.63, 3.8) is 0 Å². The molecule has 3 aromatic rings. The molecule has 0 unspecified atom stereocenters. The van der Waals surface area contributed by atoms with Gasteiger partial charge >= 0.3 is 0 Å². The number of halogens is 2. The van der Waals surface area contributed by atoms with Gasteiger partial charge in [0.15, 0.2) is 5.17 Å². The zero-order valence-corrected chi connectivity index (χ0v) is 19.0. The molecule has 4 nitrogen and oxygen atoms in total. The first-order valence-electron chi connectivity index (χ1n) is 9.49. The Kier molecular flexibility index (Phi) is 6.53. The van der Waals surface area contributed by atoms with Gasteiger partial charge in [0.2, 0.25) is 0 Å². The number of carbonyl (C=O) groups excluding carboxylic acids is 1. The highest BCUT2D eigenvalue weighted by atomic mass is 79.9. The van der Waals surface area contributed by atoms with Gasteiger partial charge in [-0.1, -0.05) is 45.8 Å². The van der Waals surface area contributed by atoms with Gasteiger partial charge in [0.1, 0.15) is 18.2 Å². The normalized spacial score (nSPS) is 16.0. The van der Waals surface area contributed by atoms with Gasteiger partial charge in [-0.2, -0.15) is 0 Å². The Morgan fingerprint density at radius 2 is 1.84 bits per heavy atom. The number of ether oxygens (including phenoxy) is 1. The number of nitrogens with zero attached hydrogens (tertiary/aromatic N) is 1. The molecule has 0 saturated carbocycles. The minimum Gasteiger partial charge on any atom is -0.488 e. The maximum atomic E-state index is 13.1. The summed E-state index contributed by atoms with van der Waals surface area (Å²) in [5.41, 5.74) is 3.53. The van der Waals surface area contributed by atoms with E-state index in [9.17, 15) is 9.18 Å². The number of aliphatic imine (C=N–C) groups is 1. The Bertz CT molecular complexity index is 1180. The van der Waals surface area contributed by atoms with Gasteiger partial charge in [0.25, 0.3) is 5.91 Å². The summed E-state index contributed by atoms with van der Waals surface area (Å²) in [6.45, 7) is 2.30. The van der Waals surface area contributed by atoms with Crippen molar-refractivity contribution in [1.29, 1.82) is 0 Å². The van der Waals surface area contributed by atoms with Crippen molar-refractivity contribution in [3.8, 4) is 5.75 Å². The molecule has 7 heteroatoms. The van der Waals surface area contributed by atoms with E-state index in [1.807, 2.05) is 49.4 Å². The molecule has 1 saturated heterocycles. The van der Waals surface area contributed by atoms with Gasteiger partial charge in [-0.15, -0.1) is 0 Å². The highest BCUT2D eigenvalue weighted by Crippen LogP contribution is 2.32. The molecular formula is C24H18BrFN2O2S. The monoisotopic (exact) mass is 496 g/mol. The van der Waals surface area contributed by atoms with Crippen LogP contribution in [0.5, 0.6) is 5.75 Å². The molecule has 1 amide bonds. The van der Waals surface area contributed by atoms with E-state index in [0.717, 1.165) is 26.9 Å². The van der Waals surface area contributed by atoms with Gasteiger partial charge in [-0.05, 0) is 72.8 Å². The number of rotatable bonds is 5. The number of thioether (sulfide) groups is 1. The number of amidine groups is 1. The fourth-order valence-electron chi connectivity index (χ4n) is 2.86. The van der Waals surface area contributed by atoms with Crippen LogP contribution in [0.1, 0.15) is 16.7 Å². The lowest BCUT2D eigenvalue weighted by atomic mass is 10.2. The third-order valence-electron chi connectivity index (χ3n) is 4.48. The Morgan fingerprint density at radius 1 is 1.10 bits per heavy atom. The van der Waals surface area contributed by atoms with Crippen LogP contribution in [0.3, 0.4) is 0 Å². The minimum absolute atomic E-state index is 0.208. The molecule has 4 rings (SSSR count). The van der Waals surface area contributed by atoms with Crippen molar-refractivity contribution in [2.45, 2.75) is 13.5 Å². The lowest BCUT2D eigenvalue weighted by Crippen LogP contribution is -2.19. The first-order chi connectivity index (χ1) is 15.0. The topological polar surface area (TPSA) is 50.7 Å². The molecule has 3 aromatic carbocycles. The fourth-order valence-corrected chi connectivity index (χ4v) is 4.08. The summed E-state index contributed by atoms with van der Waals surface area (Å²) in [7, 11) is 0. The maximum Gasteiger partial charge on any atom is 0.264 e. The third kappa shape index (κ3) is 5.62. The van der Waals surface area contributed by atoms with Crippen molar-refractivity contribution >= 4 is 50.5 Å². The van der Waals surface area contributed by atoms with Crippen molar-refractivity contribution in [2.24, 2.45) is 4.99 Å². The number of amides is 1. The van der Waals surface area contributed by atoms with Crippen LogP contribution in [0.4, 0.5) is 10.1 Å². The zero-order valence-electron chi connectivity index (χ0n) is 16.6. The second-order valence-electron chi connectivity index (χ2n) is 6.91. The van der Waals surface area contributed by atoms with Gasteiger partial charge in [-0.3, -0.25) is 4.79 Å². The van der Waals surface area contributed by atoms with Crippen molar-refractivity contribution in [1.82, 2.24) is 5.32 Å². The van der Waals surface area contributed by atoms with Crippen LogP contribution >= 0.6 is 27.7 Å². The molecule has 0 atom stereocenters. The Labute approximate surface area is 192 Å². The summed E-state index contributed by atoms with van der Waals surface area (Å²) in [6, 6.07) is 19.5. The van der Waals surface area contributed by atoms with Crippen LogP contribution in [0.15, 0.2) is 81.1 Å². The lowest BCUT2D eigenvalue weighted by molar-refractivity contribution is -0.115. The fraction of sp³-hybridized carbons (Fsp3) is 0.0833. The van der Waals surface area contributed by atoms with Crippen LogP contribution in [0, 0.1) is 12.7 Å². The summed E-state index contributed by atoms with van der Waals surface area (Å²) in [6.07, 6.45) is 1.78. The number of benzene rings is 3. The molecule has 1 aliphatic rings. The summed E-state index contributed by atoms with van der Waals surface area (Å²) >= 11 is 4.75. The second-order valence-corrected chi connectivity index (χ2v) is 8.86. The first-order valence-corrected chi connectivity index (χ1v) is 11.1. The van der Waals surface area contributed by atoms with Crippen LogP contribution in [-0.2, 0) is 11.4 Å². The molecule has 1 heterocycles. The van der Waals surface area contributed by atoms with Crippen molar-refractivity contribution in [3.05, 3.63) is 98.6 Å². The van der Waals surface area contributed by atoms with Crippen LogP contribution in [-0.4, -0.2) is 11.1 Å². The van der Waals surface area contributed by atoms with Crippen molar-refractivity contribution in [2.75, 3.05) is 0 Å². The molecule has 0 aliphatic carbocycles. The van der Waals surface area contributed by atoms with E-state index in [1.54, 1.807) is 18.2 Å². The summed E-state index contributed by atoms with van der Waals surface area (Å²) < 4.78 is 19.9. The van der Waals surface area contributed by atoms with E-state index in [0.29, 0.717) is 15.8 Å². The lowest BCUT2D eigenvalue weighted by Gasteiger charge is -2.10. The standard InChI is InChI=1S/C24H18BrFN2O2S/c1-15-2-9-20(10-3-15)27-24-28-23(29)22(31-24)13-17-12-18(25)6-11-21(17)30-14-16-4-7-19(26)8-5-16/h2-13H,14H2,1H3,(H,27,28,29)/b22-13-. The zero-order chi connectivity index (χ0) is 21.8. The number of nitrogens with one attached hydrogen (secondary N) is 1. The Morgan fingerprint density at radius 3 is 2.58 bits per heavy atom. The predicted molar refractivity (Wildman–Crippen MR) is 127 cm³/mol. The van der Waals surface area contributed by atoms with E-state index < -0.39 is 0 Å². The van der Waals surface area contributed by atoms with Gasteiger partial charge in [0, 0.05) is 10.0 Å². The average Bonchev–Trinajstić information content (AvgIpc) is 3.09. The molecule has 0 radical (unpaired) electrons. The van der Waals surface area contributed by atoms with E-state index in [1.165, 1.54) is 23.9 Å². The Hall–Kier alpha value is -2.90. The van der Waals surface area contributed by atoms with Gasteiger partial charge < -0.3 is 10.1 Å². The molecule has 31 heavy (non-hydrogen) atoms. The molecular weight excluding hydrogens is 479 g/mol. The minimum atomic E-state index is -0.287. The maximum absolute atomic E-state index is 13.1. The summed E-state index contributed by atoms with van der Waals surface area (Å²) in [4.78, 5) is 17.5. The molecule has 1 fully saturated rings. The third-order valence-corrected chi connectivity index (χ3v) is 5.88. The molecule has 156 valence electrons. The van der Waals surface area contributed by atoms with Crippen molar-refractivity contribution < 1.29 is 13.9 Å². The predicted octanol–water partition coefficient (Wildman–Crippen LogP) is 6.37. The Balaban J connectivity index is 1.54. The summed E-state index contributed by atoms with van der Waals surface area (Å²) in [5, 5.41) is 3.33. The highest BCUT2D eigenvalue weighted by Gasteiger charge is 2.24. The SMILES string of the molecule is Cc1ccc(N=C2NC(=O)/C(=C/c3cc(Br)ccc3OCc3ccc(F)cc3)S2)cc1. The van der Waals surface area contributed by atoms with E-state index >= 15 is 0 Å². The smallest absolute Gasteiger partial charge is 0.264 e. The molecule has 1 N–H and O–H groups in total. The van der Waals surface area contributed by atoms with Crippen LogP contribution in [0.2, 0.25) is 0 Å². The van der Waals surface area contributed by atoms with Crippen LogP contribution < -0.4 is 10.1 Å². The number of aryl methyl sites for hydroxylation is 1. The molecule has 1 aliphatic heterocycles. The number of hydrogen-bond acceptors (Lipinski definition) is 4. The highest BCUT2D eigenvalue weighted by molar-refractivity contribution is 9.10. The van der Waals surface area contributed by atoms with Gasteiger partial charge in [0.05, 0.1) is 10.6 Å². The molecule has 0 bridgehead atoms. The quantitative estimate of drug-likeness (QED) is 0.417. The number of hydrogen-bond donors (Lipinski definition) is 1. The second kappa shape index (κ2) is 9.49. The molecule has 0 spiro atoms. The van der Waals surface area contributed by atoms with E-state index in [-0.39, 0.29) is 18.3 Å². The van der Waals surface area contributed by atoms with Gasteiger partial charge in [-0.25, -0.2) is 9.38 Å². The largest absolute Gasteiger partial charge is 0.488 e. The number of carbonyl (C=O) groups is 1. The van der Waals surface area contributed by atoms with E-state index in [4.69, 9.17) is 4.74 Å². The molecule has 0 aromatic heterocycles. The average molecular weight is 497 g/mol.